The molecule has 0 aliphatic rings. The van der Waals surface area contributed by atoms with Gasteiger partial charge in [0, 0.05) is 12.4 Å². The highest BCUT2D eigenvalue weighted by Gasteiger charge is 2.21. The third kappa shape index (κ3) is 4.40. The number of aliphatic carboxylic acids is 1. The monoisotopic (exact) mass is 251 g/mol. The topological polar surface area (TPSA) is 91.3 Å². The summed E-state index contributed by atoms with van der Waals surface area (Å²) in [4.78, 5) is 26.3. The Hall–Kier alpha value is -2.11. The van der Waals surface area contributed by atoms with Gasteiger partial charge in [0.05, 0.1) is 12.0 Å². The number of aromatic nitrogens is 1. The van der Waals surface area contributed by atoms with Crippen LogP contribution in [0.5, 0.6) is 0 Å². The normalized spacial score (nSPS) is 12.6. The van der Waals surface area contributed by atoms with Gasteiger partial charge < -0.3 is 20.0 Å². The van der Waals surface area contributed by atoms with Crippen molar-refractivity contribution in [3.05, 3.63) is 30.1 Å². The van der Waals surface area contributed by atoms with E-state index in [1.54, 1.807) is 26.8 Å². The third-order valence-electron chi connectivity index (χ3n) is 1.91. The van der Waals surface area contributed by atoms with Crippen LogP contribution in [-0.4, -0.2) is 22.6 Å². The number of amides is 1. The molecule has 1 atom stereocenters. The SMILES string of the molecule is CC(C)(C)OC(=O)N[C@H](C(=O)[O-])c1cccnc1. The molecule has 0 aromatic carbocycles. The van der Waals surface area contributed by atoms with Gasteiger partial charge in [-0.15, -0.1) is 0 Å². The summed E-state index contributed by atoms with van der Waals surface area (Å²) in [5.74, 6) is -1.42. The predicted octanol–water partition coefficient (Wildman–Crippen LogP) is 0.397. The van der Waals surface area contributed by atoms with Gasteiger partial charge in [-0.2, -0.15) is 0 Å². The molecule has 6 heteroatoms. The molecule has 0 saturated carbocycles. The Morgan fingerprint density at radius 2 is 2.11 bits per heavy atom. The smallest absolute Gasteiger partial charge is 0.408 e. The maximum atomic E-state index is 11.5. The van der Waals surface area contributed by atoms with Crippen LogP contribution in [0.1, 0.15) is 32.4 Å². The van der Waals surface area contributed by atoms with Crippen LogP contribution in [0, 0.1) is 0 Å². The van der Waals surface area contributed by atoms with Gasteiger partial charge in [0.2, 0.25) is 0 Å². The second kappa shape index (κ2) is 5.48. The lowest BCUT2D eigenvalue weighted by Gasteiger charge is -2.24. The lowest BCUT2D eigenvalue weighted by Crippen LogP contribution is -2.43. The molecule has 1 rings (SSSR count). The van der Waals surface area contributed by atoms with Crippen LogP contribution in [-0.2, 0) is 9.53 Å². The molecule has 1 amide bonds. The first-order valence-corrected chi connectivity index (χ1v) is 5.40. The van der Waals surface area contributed by atoms with Crippen LogP contribution in [0.4, 0.5) is 4.79 Å². The standard InChI is InChI=1S/C12H16N2O4/c1-12(2,3)18-11(17)14-9(10(15)16)8-5-4-6-13-7-8/h4-7,9H,1-3H3,(H,14,17)(H,15,16)/p-1/t9-/m0/s1. The largest absolute Gasteiger partial charge is 0.548 e. The van der Waals surface area contributed by atoms with Gasteiger partial charge in [-0.3, -0.25) is 4.98 Å². The number of pyridine rings is 1. The zero-order valence-electron chi connectivity index (χ0n) is 10.5. The predicted molar refractivity (Wildman–Crippen MR) is 61.4 cm³/mol. The number of ether oxygens (including phenoxy) is 1. The van der Waals surface area contributed by atoms with Crippen molar-refractivity contribution >= 4 is 12.1 Å². The number of nitrogens with zero attached hydrogens (tertiary/aromatic N) is 1. The quantitative estimate of drug-likeness (QED) is 0.839. The summed E-state index contributed by atoms with van der Waals surface area (Å²) in [6, 6.07) is 1.82. The summed E-state index contributed by atoms with van der Waals surface area (Å²) in [5, 5.41) is 13.2. The number of carboxylic acid groups (broad SMARTS) is 1. The molecule has 0 fully saturated rings. The number of rotatable bonds is 3. The van der Waals surface area contributed by atoms with E-state index in [0.29, 0.717) is 5.56 Å². The van der Waals surface area contributed by atoms with Gasteiger partial charge in [0.25, 0.3) is 0 Å². The highest BCUT2D eigenvalue weighted by Crippen LogP contribution is 2.12. The molecule has 0 unspecified atom stereocenters. The minimum atomic E-state index is -1.42. The number of hydrogen-bond acceptors (Lipinski definition) is 5. The maximum Gasteiger partial charge on any atom is 0.408 e. The number of alkyl carbamates (subject to hydrolysis) is 1. The molecule has 0 aliphatic carbocycles. The van der Waals surface area contributed by atoms with E-state index in [2.05, 4.69) is 10.3 Å². The van der Waals surface area contributed by atoms with E-state index in [1.807, 2.05) is 0 Å². The highest BCUT2D eigenvalue weighted by atomic mass is 16.6. The minimum absolute atomic E-state index is 0.323. The van der Waals surface area contributed by atoms with Crippen LogP contribution in [0.3, 0.4) is 0 Å². The van der Waals surface area contributed by atoms with Crippen LogP contribution in [0.2, 0.25) is 0 Å². The summed E-state index contributed by atoms with van der Waals surface area (Å²) in [7, 11) is 0. The summed E-state index contributed by atoms with van der Waals surface area (Å²) in [6.45, 7) is 5.06. The zero-order chi connectivity index (χ0) is 13.8. The van der Waals surface area contributed by atoms with E-state index in [0.717, 1.165) is 0 Å². The van der Waals surface area contributed by atoms with Crippen molar-refractivity contribution < 1.29 is 19.4 Å². The Bertz CT molecular complexity index is 425. The third-order valence-corrected chi connectivity index (χ3v) is 1.91. The number of carboxylic acids is 1. The highest BCUT2D eigenvalue weighted by molar-refractivity contribution is 5.80. The van der Waals surface area contributed by atoms with Crippen molar-refractivity contribution in [2.24, 2.45) is 0 Å². The minimum Gasteiger partial charge on any atom is -0.548 e. The first-order valence-electron chi connectivity index (χ1n) is 5.40. The number of carbonyl (C=O) groups excluding carboxylic acids is 2. The van der Waals surface area contributed by atoms with Crippen LogP contribution in [0.25, 0.3) is 0 Å². The second-order valence-corrected chi connectivity index (χ2v) is 4.68. The number of hydrogen-bond donors (Lipinski definition) is 1. The van der Waals surface area contributed by atoms with E-state index < -0.39 is 23.7 Å². The van der Waals surface area contributed by atoms with Crippen molar-refractivity contribution in [1.29, 1.82) is 0 Å². The van der Waals surface area contributed by atoms with Gasteiger partial charge in [-0.05, 0) is 32.4 Å². The molecule has 1 aromatic heterocycles. The summed E-state index contributed by atoms with van der Waals surface area (Å²) in [5.41, 5.74) is -0.376. The Morgan fingerprint density at radius 1 is 1.44 bits per heavy atom. The van der Waals surface area contributed by atoms with E-state index in [-0.39, 0.29) is 0 Å². The van der Waals surface area contributed by atoms with Crippen LogP contribution in [0.15, 0.2) is 24.5 Å². The van der Waals surface area contributed by atoms with E-state index in [9.17, 15) is 14.7 Å². The zero-order valence-corrected chi connectivity index (χ0v) is 10.5. The van der Waals surface area contributed by atoms with E-state index in [4.69, 9.17) is 4.74 Å². The second-order valence-electron chi connectivity index (χ2n) is 4.68. The lowest BCUT2D eigenvalue weighted by molar-refractivity contribution is -0.308. The Balaban J connectivity index is 2.77. The van der Waals surface area contributed by atoms with Gasteiger partial charge in [-0.1, -0.05) is 6.07 Å². The fourth-order valence-electron chi connectivity index (χ4n) is 1.25. The van der Waals surface area contributed by atoms with Gasteiger partial charge in [0.1, 0.15) is 5.60 Å². The molecule has 0 bridgehead atoms. The molecule has 98 valence electrons. The summed E-state index contributed by atoms with van der Waals surface area (Å²) < 4.78 is 4.98. The van der Waals surface area contributed by atoms with Gasteiger partial charge >= 0.3 is 6.09 Å². The molecule has 1 N–H and O–H groups in total. The molecule has 6 nitrogen and oxygen atoms in total. The molecule has 0 radical (unpaired) electrons. The van der Waals surface area contributed by atoms with Crippen molar-refractivity contribution in [3.63, 3.8) is 0 Å². The molecular weight excluding hydrogens is 236 g/mol. The lowest BCUT2D eigenvalue weighted by atomic mass is 10.1. The maximum absolute atomic E-state index is 11.5. The summed E-state index contributed by atoms with van der Waals surface area (Å²) in [6.07, 6.45) is 2.03. The first-order chi connectivity index (χ1) is 8.29. The van der Waals surface area contributed by atoms with E-state index >= 15 is 0 Å². The van der Waals surface area contributed by atoms with Crippen LogP contribution >= 0.6 is 0 Å². The number of carbonyl (C=O) groups is 2. The van der Waals surface area contributed by atoms with Crippen molar-refractivity contribution in [3.8, 4) is 0 Å². The molecule has 1 aromatic rings. The molecule has 0 spiro atoms. The Morgan fingerprint density at radius 3 is 2.56 bits per heavy atom. The Labute approximate surface area is 105 Å². The molecule has 1 heterocycles. The van der Waals surface area contributed by atoms with Crippen LogP contribution < -0.4 is 10.4 Å². The van der Waals surface area contributed by atoms with Crippen molar-refractivity contribution in [2.75, 3.05) is 0 Å². The van der Waals surface area contributed by atoms with Crippen molar-refractivity contribution in [1.82, 2.24) is 10.3 Å². The first kappa shape index (κ1) is 14.0. The molecule has 0 saturated heterocycles. The fraction of sp³-hybridized carbons (Fsp3) is 0.417. The number of nitrogens with one attached hydrogen (secondary N) is 1. The molecular formula is C12H15N2O4-. The van der Waals surface area contributed by atoms with Gasteiger partial charge in [-0.25, -0.2) is 4.79 Å². The van der Waals surface area contributed by atoms with E-state index in [1.165, 1.54) is 18.5 Å². The average Bonchev–Trinajstić information content (AvgIpc) is 2.24. The summed E-state index contributed by atoms with van der Waals surface area (Å²) >= 11 is 0. The van der Waals surface area contributed by atoms with Gasteiger partial charge in [0.15, 0.2) is 0 Å². The Kier molecular flexibility index (Phi) is 4.25. The fourth-order valence-corrected chi connectivity index (χ4v) is 1.25. The van der Waals surface area contributed by atoms with Crippen molar-refractivity contribution in [2.45, 2.75) is 32.4 Å². The average molecular weight is 251 g/mol. The molecule has 0 aliphatic heterocycles. The molecule has 18 heavy (non-hydrogen) atoms.